The van der Waals surface area contributed by atoms with Gasteiger partial charge in [-0.1, -0.05) is 67.8 Å². The Kier molecular flexibility index (Phi) is 10.1. The van der Waals surface area contributed by atoms with Gasteiger partial charge in [0.2, 0.25) is 5.89 Å². The molecule has 0 saturated heterocycles. The fourth-order valence-corrected chi connectivity index (χ4v) is 5.40. The maximum absolute atomic E-state index is 12.4. The molecule has 4 aromatic rings. The molecule has 8 nitrogen and oxygen atoms in total. The first-order valence-electron chi connectivity index (χ1n) is 15.0. The van der Waals surface area contributed by atoms with Gasteiger partial charge in [-0.05, 0) is 72.7 Å². The van der Waals surface area contributed by atoms with Crippen LogP contribution in [0, 0.1) is 6.92 Å². The van der Waals surface area contributed by atoms with E-state index < -0.39 is 12.1 Å². The second-order valence-corrected chi connectivity index (χ2v) is 10.9. The zero-order valence-corrected chi connectivity index (χ0v) is 24.5. The Labute approximate surface area is 252 Å². The summed E-state index contributed by atoms with van der Waals surface area (Å²) in [6.45, 7) is 2.31. The number of carboxylic acids is 1. The number of nitrogens with one attached hydrogen (secondary N) is 1. The SMILES string of the molecule is Cc1oc(-c2ccc(-c3ccccc3)cc2)nc1CCOc1ccc(CCC(=O)O)c(COC(=O)NC2CCCCC2)c1. The standard InChI is InChI=1S/C35H38N2O6/c1-24-32(37-34(43-24)28-14-12-26(13-15-28)25-8-4-2-5-9-25)20-21-41-31-18-16-27(17-19-33(38)39)29(22-31)23-42-35(40)36-30-10-6-3-7-11-30/h2,4-5,8-9,12-16,18,22,30H,3,6-7,10-11,17,19-21,23H2,1H3,(H,36,40)(H,38,39). The maximum Gasteiger partial charge on any atom is 0.407 e. The second kappa shape index (κ2) is 14.5. The Morgan fingerprint density at radius 2 is 1.63 bits per heavy atom. The largest absolute Gasteiger partial charge is 0.493 e. The minimum atomic E-state index is -0.878. The molecule has 2 N–H and O–H groups in total. The second-order valence-electron chi connectivity index (χ2n) is 10.9. The van der Waals surface area contributed by atoms with Gasteiger partial charge in [0.25, 0.3) is 0 Å². The van der Waals surface area contributed by atoms with Crippen LogP contribution in [0.1, 0.15) is 61.1 Å². The molecule has 3 aromatic carbocycles. The lowest BCUT2D eigenvalue weighted by atomic mass is 9.96. The summed E-state index contributed by atoms with van der Waals surface area (Å²) in [5.41, 5.74) is 5.56. The van der Waals surface area contributed by atoms with Crippen LogP contribution < -0.4 is 10.1 Å². The van der Waals surface area contributed by atoms with Gasteiger partial charge in [-0.3, -0.25) is 4.79 Å². The van der Waals surface area contributed by atoms with E-state index in [-0.39, 0.29) is 19.1 Å². The average Bonchev–Trinajstić information content (AvgIpc) is 3.40. The number of amides is 1. The van der Waals surface area contributed by atoms with Crippen LogP contribution in [0.15, 0.2) is 77.2 Å². The Morgan fingerprint density at radius 1 is 0.907 bits per heavy atom. The van der Waals surface area contributed by atoms with Gasteiger partial charge in [0.1, 0.15) is 18.1 Å². The van der Waals surface area contributed by atoms with Crippen molar-refractivity contribution in [2.75, 3.05) is 6.61 Å². The first-order chi connectivity index (χ1) is 20.9. The van der Waals surface area contributed by atoms with Crippen LogP contribution in [0.2, 0.25) is 0 Å². The van der Waals surface area contributed by atoms with Crippen LogP contribution in [0.5, 0.6) is 5.75 Å². The van der Waals surface area contributed by atoms with E-state index in [0.29, 0.717) is 31.1 Å². The van der Waals surface area contributed by atoms with Crippen molar-refractivity contribution in [3.63, 3.8) is 0 Å². The molecular weight excluding hydrogens is 544 g/mol. The molecule has 43 heavy (non-hydrogen) atoms. The molecule has 1 aliphatic carbocycles. The molecule has 0 aliphatic heterocycles. The molecule has 8 heteroatoms. The van der Waals surface area contributed by atoms with E-state index in [9.17, 15) is 9.59 Å². The van der Waals surface area contributed by atoms with Crippen molar-refractivity contribution in [2.45, 2.75) is 70.9 Å². The maximum atomic E-state index is 12.4. The lowest BCUT2D eigenvalue weighted by molar-refractivity contribution is -0.136. The molecule has 0 radical (unpaired) electrons. The molecule has 0 unspecified atom stereocenters. The average molecular weight is 583 g/mol. The Bertz CT molecular complexity index is 1510. The number of nitrogens with zero attached hydrogens (tertiary/aromatic N) is 1. The van der Waals surface area contributed by atoms with Crippen molar-refractivity contribution in [3.05, 3.63) is 95.4 Å². The number of oxazole rings is 1. The Morgan fingerprint density at radius 3 is 2.37 bits per heavy atom. The summed E-state index contributed by atoms with van der Waals surface area (Å²) in [7, 11) is 0. The molecular formula is C35H38N2O6. The number of carbonyl (C=O) groups excluding carboxylic acids is 1. The third-order valence-electron chi connectivity index (χ3n) is 7.81. The number of benzene rings is 3. The van der Waals surface area contributed by atoms with Crippen LogP contribution in [0.25, 0.3) is 22.6 Å². The zero-order chi connectivity index (χ0) is 30.0. The minimum Gasteiger partial charge on any atom is -0.493 e. The highest BCUT2D eigenvalue weighted by Crippen LogP contribution is 2.27. The zero-order valence-electron chi connectivity index (χ0n) is 24.5. The van der Waals surface area contributed by atoms with Crippen molar-refractivity contribution in [1.29, 1.82) is 0 Å². The molecule has 1 aromatic heterocycles. The molecule has 224 valence electrons. The van der Waals surface area contributed by atoms with E-state index in [1.165, 1.54) is 6.42 Å². The molecule has 1 saturated carbocycles. The molecule has 0 bridgehead atoms. The minimum absolute atomic E-state index is 0.00970. The number of hydrogen-bond donors (Lipinski definition) is 2. The predicted octanol–water partition coefficient (Wildman–Crippen LogP) is 7.51. The lowest BCUT2D eigenvalue weighted by Gasteiger charge is -2.22. The van der Waals surface area contributed by atoms with E-state index in [0.717, 1.165) is 65.0 Å². The number of alkyl carbamates (subject to hydrolysis) is 1. The highest BCUT2D eigenvalue weighted by atomic mass is 16.5. The topological polar surface area (TPSA) is 111 Å². The number of aliphatic carboxylic acids is 1. The van der Waals surface area contributed by atoms with E-state index in [1.807, 2.05) is 55.5 Å². The van der Waals surface area contributed by atoms with Gasteiger partial charge in [0.15, 0.2) is 0 Å². The smallest absolute Gasteiger partial charge is 0.407 e. The Balaban J connectivity index is 1.18. The highest BCUT2D eigenvalue weighted by Gasteiger charge is 2.17. The summed E-state index contributed by atoms with van der Waals surface area (Å²) in [6, 6.07) is 24.0. The fourth-order valence-electron chi connectivity index (χ4n) is 5.40. The number of hydrogen-bond acceptors (Lipinski definition) is 6. The summed E-state index contributed by atoms with van der Waals surface area (Å²) in [5, 5.41) is 12.1. The fraction of sp³-hybridized carbons (Fsp3) is 0.343. The summed E-state index contributed by atoms with van der Waals surface area (Å²) in [5.74, 6) is 1.05. The Hall–Kier alpha value is -4.59. The van der Waals surface area contributed by atoms with Crippen LogP contribution in [0.4, 0.5) is 4.79 Å². The normalized spacial score (nSPS) is 13.4. The number of rotatable bonds is 12. The molecule has 0 atom stereocenters. The summed E-state index contributed by atoms with van der Waals surface area (Å²) < 4.78 is 17.5. The van der Waals surface area contributed by atoms with Gasteiger partial charge in [-0.25, -0.2) is 9.78 Å². The van der Waals surface area contributed by atoms with E-state index in [1.54, 1.807) is 0 Å². The highest BCUT2D eigenvalue weighted by molar-refractivity contribution is 5.68. The van der Waals surface area contributed by atoms with Crippen molar-refractivity contribution in [1.82, 2.24) is 10.3 Å². The summed E-state index contributed by atoms with van der Waals surface area (Å²) in [6.07, 6.45) is 5.79. The third-order valence-corrected chi connectivity index (χ3v) is 7.81. The molecule has 5 rings (SSSR count). The van der Waals surface area contributed by atoms with Crippen LogP contribution >= 0.6 is 0 Å². The van der Waals surface area contributed by atoms with Gasteiger partial charge >= 0.3 is 12.1 Å². The number of ether oxygens (including phenoxy) is 2. The lowest BCUT2D eigenvalue weighted by Crippen LogP contribution is -2.36. The van der Waals surface area contributed by atoms with Crippen LogP contribution in [-0.2, 0) is 29.0 Å². The summed E-state index contributed by atoms with van der Waals surface area (Å²) >= 11 is 0. The van der Waals surface area contributed by atoms with E-state index >= 15 is 0 Å². The van der Waals surface area contributed by atoms with Crippen LogP contribution in [0.3, 0.4) is 0 Å². The number of aryl methyl sites for hydroxylation is 2. The molecule has 1 amide bonds. The first-order valence-corrected chi connectivity index (χ1v) is 15.0. The summed E-state index contributed by atoms with van der Waals surface area (Å²) in [4.78, 5) is 28.3. The van der Waals surface area contributed by atoms with Gasteiger partial charge in [0, 0.05) is 24.4 Å². The van der Waals surface area contributed by atoms with E-state index in [4.69, 9.17) is 24.0 Å². The van der Waals surface area contributed by atoms with Gasteiger partial charge < -0.3 is 24.3 Å². The van der Waals surface area contributed by atoms with Crippen LogP contribution in [-0.4, -0.2) is 34.8 Å². The van der Waals surface area contributed by atoms with Crippen molar-refractivity contribution >= 4 is 12.1 Å². The molecule has 0 spiro atoms. The van der Waals surface area contributed by atoms with E-state index in [2.05, 4.69) is 29.6 Å². The number of carbonyl (C=O) groups is 2. The van der Waals surface area contributed by atoms with Crippen molar-refractivity contribution < 1.29 is 28.6 Å². The molecule has 1 aliphatic rings. The van der Waals surface area contributed by atoms with Crippen molar-refractivity contribution in [2.24, 2.45) is 0 Å². The monoisotopic (exact) mass is 582 g/mol. The first kappa shape index (κ1) is 29.9. The van der Waals surface area contributed by atoms with Crippen molar-refractivity contribution in [3.8, 4) is 28.3 Å². The number of carboxylic acid groups (broad SMARTS) is 1. The van der Waals surface area contributed by atoms with Gasteiger partial charge in [-0.15, -0.1) is 0 Å². The quantitative estimate of drug-likeness (QED) is 0.178. The number of aromatic nitrogens is 1. The molecule has 1 heterocycles. The molecule has 1 fully saturated rings. The third kappa shape index (κ3) is 8.47. The van der Waals surface area contributed by atoms with Gasteiger partial charge in [-0.2, -0.15) is 0 Å². The van der Waals surface area contributed by atoms with Gasteiger partial charge in [0.05, 0.1) is 12.3 Å². The predicted molar refractivity (Wildman–Crippen MR) is 164 cm³/mol.